The van der Waals surface area contributed by atoms with Gasteiger partial charge in [-0.3, -0.25) is 9.13 Å². The predicted octanol–water partition coefficient (Wildman–Crippen LogP) is 1.28. The lowest BCUT2D eigenvalue weighted by molar-refractivity contribution is -0.0652. The van der Waals surface area contributed by atoms with Crippen molar-refractivity contribution >= 4 is 38.0 Å². The summed E-state index contributed by atoms with van der Waals surface area (Å²) in [4.78, 5) is 31.6. The van der Waals surface area contributed by atoms with E-state index in [1.807, 2.05) is 30.3 Å². The molecule has 16 heteroatoms. The zero-order chi connectivity index (χ0) is 25.4. The summed E-state index contributed by atoms with van der Waals surface area (Å²) in [5.41, 5.74) is -0.0398. The van der Waals surface area contributed by atoms with Crippen LogP contribution in [-0.4, -0.2) is 70.8 Å². The summed E-state index contributed by atoms with van der Waals surface area (Å²) in [5, 5.41) is 29.5. The predicted molar refractivity (Wildman–Crippen MR) is 124 cm³/mol. The van der Waals surface area contributed by atoms with Gasteiger partial charge in [0.1, 0.15) is 17.7 Å². The van der Waals surface area contributed by atoms with Crippen molar-refractivity contribution < 1.29 is 43.3 Å². The Morgan fingerprint density at radius 3 is 2.66 bits per heavy atom. The fraction of sp³-hybridized carbons (Fsp3) is 0.368. The monoisotopic (exact) mass is 548 g/mol. The van der Waals surface area contributed by atoms with E-state index in [-0.39, 0.29) is 11.0 Å². The van der Waals surface area contributed by atoms with E-state index in [0.717, 1.165) is 5.56 Å². The molecule has 190 valence electrons. The van der Waals surface area contributed by atoms with Gasteiger partial charge in [0.05, 0.1) is 25.1 Å². The van der Waals surface area contributed by atoms with E-state index >= 15 is 0 Å². The van der Waals surface area contributed by atoms with Crippen LogP contribution in [0.15, 0.2) is 42.6 Å². The molecule has 6 N–H and O–H groups in total. The molecule has 1 aliphatic rings. The molecule has 1 aromatic carbocycles. The lowest BCUT2D eigenvalue weighted by Gasteiger charge is -2.25. The molecule has 0 aliphatic carbocycles. The van der Waals surface area contributed by atoms with Crippen molar-refractivity contribution in [2.24, 2.45) is 0 Å². The van der Waals surface area contributed by atoms with Crippen LogP contribution in [0.2, 0.25) is 5.15 Å². The van der Waals surface area contributed by atoms with Crippen LogP contribution in [0.25, 0.3) is 5.52 Å². The highest BCUT2D eigenvalue weighted by atomic mass is 35.5. The van der Waals surface area contributed by atoms with Crippen LogP contribution in [0, 0.1) is 0 Å². The number of benzene rings is 1. The normalized spacial score (nSPS) is 24.5. The third kappa shape index (κ3) is 5.92. The first-order chi connectivity index (χ1) is 16.4. The lowest BCUT2D eigenvalue weighted by atomic mass is 9.96. The molecule has 1 saturated heterocycles. The molecule has 35 heavy (non-hydrogen) atoms. The van der Waals surface area contributed by atoms with Crippen LogP contribution >= 0.6 is 26.8 Å². The number of ether oxygens (including phenoxy) is 1. The highest BCUT2D eigenvalue weighted by molar-refractivity contribution is 7.70. The lowest BCUT2D eigenvalue weighted by Crippen LogP contribution is -2.44. The first-order valence-corrected chi connectivity index (χ1v) is 14.2. The second-order valence-electron chi connectivity index (χ2n) is 8.06. The molecule has 1 fully saturated rings. The minimum Gasteiger partial charge on any atom is -0.387 e. The SMILES string of the molecule is O=P(O)(O)CP(=O)(O)OC[C@H]1OC[C@@](O)(c2ncc3c(NCc4ccccc4)cc(Cl)nn23)[C@@H]1O. The molecular weight excluding hydrogens is 526 g/mol. The fourth-order valence-corrected chi connectivity index (χ4v) is 6.45. The maximum absolute atomic E-state index is 11.9. The van der Waals surface area contributed by atoms with E-state index in [4.69, 9.17) is 30.6 Å². The number of anilines is 1. The van der Waals surface area contributed by atoms with E-state index in [1.54, 1.807) is 6.07 Å². The van der Waals surface area contributed by atoms with Crippen molar-refractivity contribution in [1.29, 1.82) is 0 Å². The van der Waals surface area contributed by atoms with E-state index in [1.165, 1.54) is 10.7 Å². The van der Waals surface area contributed by atoms with Gasteiger partial charge in [0.15, 0.2) is 22.5 Å². The number of nitrogens with one attached hydrogen (secondary N) is 1. The summed E-state index contributed by atoms with van der Waals surface area (Å²) < 4.78 is 34.2. The Balaban J connectivity index is 1.54. The highest BCUT2D eigenvalue weighted by Gasteiger charge is 2.52. The molecule has 0 spiro atoms. The number of hydrogen-bond acceptors (Lipinski definition) is 9. The number of nitrogens with zero attached hydrogens (tertiary/aromatic N) is 3. The van der Waals surface area contributed by atoms with E-state index in [9.17, 15) is 24.2 Å². The van der Waals surface area contributed by atoms with E-state index < -0.39 is 52.1 Å². The maximum Gasteiger partial charge on any atom is 0.340 e. The summed E-state index contributed by atoms with van der Waals surface area (Å²) >= 11 is 6.19. The molecular formula is C19H23ClN4O9P2. The van der Waals surface area contributed by atoms with Gasteiger partial charge < -0.3 is 39.5 Å². The molecule has 0 saturated carbocycles. The molecule has 3 aromatic rings. The summed E-state index contributed by atoms with van der Waals surface area (Å²) in [5.74, 6) is -1.48. The van der Waals surface area contributed by atoms with Crippen molar-refractivity contribution in [3.8, 4) is 0 Å². The van der Waals surface area contributed by atoms with Crippen LogP contribution in [0.5, 0.6) is 0 Å². The molecule has 1 aliphatic heterocycles. The molecule has 0 bridgehead atoms. The Kier molecular flexibility index (Phi) is 7.38. The molecule has 0 amide bonds. The van der Waals surface area contributed by atoms with Gasteiger partial charge in [-0.05, 0) is 5.56 Å². The summed E-state index contributed by atoms with van der Waals surface area (Å²) in [6, 6.07) is 11.2. The molecule has 3 heterocycles. The minimum absolute atomic E-state index is 0.0860. The van der Waals surface area contributed by atoms with Crippen LogP contribution in [0.1, 0.15) is 11.4 Å². The quantitative estimate of drug-likeness (QED) is 0.210. The van der Waals surface area contributed by atoms with Gasteiger partial charge in [0, 0.05) is 12.6 Å². The average molecular weight is 549 g/mol. The summed E-state index contributed by atoms with van der Waals surface area (Å²) in [7, 11) is -9.50. The maximum atomic E-state index is 11.9. The number of fused-ring (bicyclic) bond motifs is 1. The molecule has 4 rings (SSSR count). The third-order valence-electron chi connectivity index (χ3n) is 5.35. The number of aliphatic hydroxyl groups excluding tert-OH is 1. The van der Waals surface area contributed by atoms with Crippen molar-refractivity contribution in [1.82, 2.24) is 14.6 Å². The van der Waals surface area contributed by atoms with Crippen molar-refractivity contribution in [2.75, 3.05) is 24.4 Å². The van der Waals surface area contributed by atoms with E-state index in [0.29, 0.717) is 17.7 Å². The highest BCUT2D eigenvalue weighted by Crippen LogP contribution is 2.55. The largest absolute Gasteiger partial charge is 0.387 e. The first kappa shape index (κ1) is 26.2. The van der Waals surface area contributed by atoms with Crippen molar-refractivity contribution in [3.63, 3.8) is 0 Å². The Labute approximate surface area is 204 Å². The fourth-order valence-electron chi connectivity index (χ4n) is 3.70. The van der Waals surface area contributed by atoms with Crippen LogP contribution in [0.3, 0.4) is 0 Å². The number of aromatic nitrogens is 3. The molecule has 13 nitrogen and oxygen atoms in total. The zero-order valence-corrected chi connectivity index (χ0v) is 20.6. The number of aliphatic hydroxyl groups is 2. The second kappa shape index (κ2) is 9.87. The zero-order valence-electron chi connectivity index (χ0n) is 18.0. The Hall–Kier alpha value is -1.89. The van der Waals surface area contributed by atoms with Crippen molar-refractivity contribution in [3.05, 3.63) is 59.1 Å². The number of hydrogen-bond donors (Lipinski definition) is 6. The number of halogens is 1. The van der Waals surface area contributed by atoms with E-state index in [2.05, 4.69) is 15.4 Å². The van der Waals surface area contributed by atoms with Crippen molar-refractivity contribution in [2.45, 2.75) is 24.4 Å². The average Bonchev–Trinajstić information content (AvgIpc) is 3.32. The van der Waals surface area contributed by atoms with Gasteiger partial charge in [-0.25, -0.2) is 9.50 Å². The second-order valence-corrected chi connectivity index (χ2v) is 12.4. The molecule has 4 atom stereocenters. The Bertz CT molecular complexity index is 1300. The Morgan fingerprint density at radius 1 is 1.26 bits per heavy atom. The minimum atomic E-state index is -4.82. The van der Waals surface area contributed by atoms with Gasteiger partial charge in [0.25, 0.3) is 0 Å². The summed E-state index contributed by atoms with van der Waals surface area (Å²) in [6.45, 7) is -0.697. The van der Waals surface area contributed by atoms with Gasteiger partial charge in [-0.1, -0.05) is 41.9 Å². The van der Waals surface area contributed by atoms with Crippen LogP contribution < -0.4 is 5.32 Å². The van der Waals surface area contributed by atoms with Gasteiger partial charge in [-0.2, -0.15) is 5.10 Å². The summed E-state index contributed by atoms with van der Waals surface area (Å²) in [6.07, 6.45) is -1.54. The van der Waals surface area contributed by atoms with Gasteiger partial charge in [-0.15, -0.1) is 0 Å². The number of rotatable bonds is 9. The van der Waals surface area contributed by atoms with Crippen LogP contribution in [0.4, 0.5) is 5.69 Å². The standard InChI is InChI=1S/C19H23ClN4O9P2/c20-16-6-13(21-7-12-4-2-1-3-5-12)14-8-22-18(24(14)23-16)19(26)10-32-15(17(19)25)9-33-35(30,31)11-34(27,28)29/h1-6,8,15,17,21,25-26H,7,9-11H2,(H,30,31)(H2,27,28,29)/t15-,17-,19+/m1/s1. The molecule has 2 aromatic heterocycles. The topological polar surface area (TPSA) is 196 Å². The third-order valence-corrected chi connectivity index (χ3v) is 8.99. The first-order valence-electron chi connectivity index (χ1n) is 10.2. The molecule has 0 radical (unpaired) electrons. The smallest absolute Gasteiger partial charge is 0.340 e. The molecule has 1 unspecified atom stereocenters. The van der Waals surface area contributed by atoms with Gasteiger partial charge >= 0.3 is 15.2 Å². The number of imidazole rings is 1. The Morgan fingerprint density at radius 2 is 1.97 bits per heavy atom. The van der Waals surface area contributed by atoms with Crippen LogP contribution in [-0.2, 0) is 30.5 Å². The van der Waals surface area contributed by atoms with Gasteiger partial charge in [0.2, 0.25) is 0 Å².